The lowest BCUT2D eigenvalue weighted by Gasteiger charge is -2.07. The van der Waals surface area contributed by atoms with Crippen molar-refractivity contribution in [1.82, 2.24) is 9.78 Å². The van der Waals surface area contributed by atoms with Gasteiger partial charge in [-0.25, -0.2) is 4.79 Å². The molecule has 2 aliphatic rings. The van der Waals surface area contributed by atoms with E-state index in [9.17, 15) is 9.59 Å². The van der Waals surface area contributed by atoms with Gasteiger partial charge in [-0.05, 0) is 49.1 Å². The van der Waals surface area contributed by atoms with Crippen molar-refractivity contribution in [1.29, 1.82) is 0 Å². The SMILES string of the molecule is COC(=O)c1c(NC(=O)[C@H]2C[C@H]2c2cnn(C)c2)sc2c1CCCCC2. The van der Waals surface area contributed by atoms with Crippen molar-refractivity contribution in [2.45, 2.75) is 44.4 Å². The number of anilines is 1. The van der Waals surface area contributed by atoms with E-state index in [1.54, 1.807) is 16.0 Å². The molecule has 6 nitrogen and oxygen atoms in total. The van der Waals surface area contributed by atoms with Crippen molar-refractivity contribution in [2.24, 2.45) is 13.0 Å². The number of ether oxygens (including phenoxy) is 1. The summed E-state index contributed by atoms with van der Waals surface area (Å²) >= 11 is 1.54. The van der Waals surface area contributed by atoms with Crippen LogP contribution >= 0.6 is 11.3 Å². The summed E-state index contributed by atoms with van der Waals surface area (Å²) in [5.41, 5.74) is 2.75. The fourth-order valence-electron chi connectivity index (χ4n) is 3.84. The van der Waals surface area contributed by atoms with Gasteiger partial charge in [0.1, 0.15) is 5.00 Å². The van der Waals surface area contributed by atoms with E-state index in [4.69, 9.17) is 4.74 Å². The zero-order valence-corrected chi connectivity index (χ0v) is 15.9. The lowest BCUT2D eigenvalue weighted by atomic mass is 10.1. The topological polar surface area (TPSA) is 73.2 Å². The molecule has 138 valence electrons. The second-order valence-electron chi connectivity index (χ2n) is 7.15. The third kappa shape index (κ3) is 3.16. The Morgan fingerprint density at radius 3 is 2.85 bits per heavy atom. The standard InChI is InChI=1S/C19H23N3O3S/c1-22-10-11(9-20-22)13-8-14(13)17(23)21-18-16(19(24)25-2)12-6-4-3-5-7-15(12)26-18/h9-10,13-14H,3-8H2,1-2H3,(H,21,23)/t13-,14-/m0/s1. The minimum absolute atomic E-state index is 0.0135. The Kier molecular flexibility index (Phi) is 4.56. The van der Waals surface area contributed by atoms with E-state index in [-0.39, 0.29) is 23.7 Å². The van der Waals surface area contributed by atoms with Crippen LogP contribution in [0.15, 0.2) is 12.4 Å². The van der Waals surface area contributed by atoms with Gasteiger partial charge in [-0.1, -0.05) is 6.42 Å². The molecule has 7 heteroatoms. The van der Waals surface area contributed by atoms with E-state index in [0.29, 0.717) is 10.6 Å². The molecule has 0 radical (unpaired) electrons. The summed E-state index contributed by atoms with van der Waals surface area (Å²) in [7, 11) is 3.27. The number of esters is 1. The van der Waals surface area contributed by atoms with Crippen molar-refractivity contribution in [3.8, 4) is 0 Å². The number of amides is 1. The van der Waals surface area contributed by atoms with Crippen LogP contribution in [-0.2, 0) is 29.4 Å². The highest BCUT2D eigenvalue weighted by Crippen LogP contribution is 2.48. The molecular weight excluding hydrogens is 350 g/mol. The first-order valence-corrected chi connectivity index (χ1v) is 9.92. The number of fused-ring (bicyclic) bond motifs is 1. The number of nitrogens with one attached hydrogen (secondary N) is 1. The molecule has 0 unspecified atom stereocenters. The second-order valence-corrected chi connectivity index (χ2v) is 8.25. The quantitative estimate of drug-likeness (QED) is 0.659. The molecule has 2 heterocycles. The molecule has 1 N–H and O–H groups in total. The average Bonchev–Trinajstić information content (AvgIpc) is 3.28. The van der Waals surface area contributed by atoms with Crippen LogP contribution < -0.4 is 5.32 Å². The first-order valence-electron chi connectivity index (χ1n) is 9.10. The van der Waals surface area contributed by atoms with Gasteiger partial charge in [0.15, 0.2) is 0 Å². The monoisotopic (exact) mass is 373 g/mol. The molecule has 0 aliphatic heterocycles. The molecule has 2 atom stereocenters. The van der Waals surface area contributed by atoms with Gasteiger partial charge in [-0.3, -0.25) is 9.48 Å². The van der Waals surface area contributed by atoms with Gasteiger partial charge in [0, 0.05) is 24.0 Å². The van der Waals surface area contributed by atoms with E-state index < -0.39 is 0 Å². The van der Waals surface area contributed by atoms with Gasteiger partial charge in [0.2, 0.25) is 5.91 Å². The van der Waals surface area contributed by atoms with Gasteiger partial charge < -0.3 is 10.1 Å². The first-order chi connectivity index (χ1) is 12.6. The zero-order chi connectivity index (χ0) is 18.3. The summed E-state index contributed by atoms with van der Waals surface area (Å²) in [6, 6.07) is 0. The fourth-order valence-corrected chi connectivity index (χ4v) is 5.12. The molecule has 4 rings (SSSR count). The third-order valence-corrected chi connectivity index (χ3v) is 6.53. The summed E-state index contributed by atoms with van der Waals surface area (Å²) in [5.74, 6) is -0.186. The van der Waals surface area contributed by atoms with Gasteiger partial charge in [0.25, 0.3) is 0 Å². The fraction of sp³-hybridized carbons (Fsp3) is 0.526. The number of thiophene rings is 1. The smallest absolute Gasteiger partial charge is 0.341 e. The minimum atomic E-state index is -0.348. The predicted molar refractivity (Wildman–Crippen MR) is 99.6 cm³/mol. The van der Waals surface area contributed by atoms with Crippen LogP contribution in [0, 0.1) is 5.92 Å². The Labute approximate surface area is 156 Å². The van der Waals surface area contributed by atoms with Crippen LogP contribution in [0.25, 0.3) is 0 Å². The molecule has 2 aliphatic carbocycles. The number of methoxy groups -OCH3 is 1. The van der Waals surface area contributed by atoms with Gasteiger partial charge >= 0.3 is 5.97 Å². The maximum atomic E-state index is 12.7. The van der Waals surface area contributed by atoms with Crippen LogP contribution in [0.2, 0.25) is 0 Å². The van der Waals surface area contributed by atoms with Gasteiger partial charge in [-0.2, -0.15) is 5.10 Å². The maximum Gasteiger partial charge on any atom is 0.341 e. The van der Waals surface area contributed by atoms with Crippen molar-refractivity contribution in [2.75, 3.05) is 12.4 Å². The molecular formula is C19H23N3O3S. The van der Waals surface area contributed by atoms with Crippen LogP contribution in [0.1, 0.15) is 58.0 Å². The summed E-state index contributed by atoms with van der Waals surface area (Å²) in [6.45, 7) is 0. The number of carbonyl (C=O) groups excluding carboxylic acids is 2. The van der Waals surface area contributed by atoms with Crippen LogP contribution in [0.4, 0.5) is 5.00 Å². The number of nitrogens with zero attached hydrogens (tertiary/aromatic N) is 2. The highest BCUT2D eigenvalue weighted by atomic mass is 32.1. The first kappa shape index (κ1) is 17.3. The van der Waals surface area contributed by atoms with Crippen LogP contribution in [-0.4, -0.2) is 28.8 Å². The minimum Gasteiger partial charge on any atom is -0.465 e. The molecule has 1 fully saturated rings. The van der Waals surface area contributed by atoms with E-state index in [2.05, 4.69) is 10.4 Å². The number of hydrogen-bond acceptors (Lipinski definition) is 5. The van der Waals surface area contributed by atoms with E-state index >= 15 is 0 Å². The van der Waals surface area contributed by atoms with Crippen molar-refractivity contribution in [3.05, 3.63) is 34.0 Å². The molecule has 2 aromatic rings. The molecule has 0 aromatic carbocycles. The Morgan fingerprint density at radius 2 is 2.12 bits per heavy atom. The molecule has 1 amide bonds. The summed E-state index contributed by atoms with van der Waals surface area (Å²) < 4.78 is 6.76. The van der Waals surface area contributed by atoms with Crippen LogP contribution in [0.5, 0.6) is 0 Å². The normalized spacial score (nSPS) is 21.6. The Hall–Kier alpha value is -2.15. The lowest BCUT2D eigenvalue weighted by Crippen LogP contribution is -2.16. The number of aryl methyl sites for hydroxylation is 2. The third-order valence-electron chi connectivity index (χ3n) is 5.33. The van der Waals surface area contributed by atoms with Gasteiger partial charge in [0.05, 0.1) is 18.9 Å². The number of carbonyl (C=O) groups is 2. The Balaban J connectivity index is 1.54. The summed E-state index contributed by atoms with van der Waals surface area (Å²) in [4.78, 5) is 26.3. The molecule has 0 saturated heterocycles. The largest absolute Gasteiger partial charge is 0.465 e. The van der Waals surface area contributed by atoms with E-state index in [1.807, 2.05) is 19.4 Å². The average molecular weight is 373 g/mol. The molecule has 0 bridgehead atoms. The predicted octanol–water partition coefficient (Wildman–Crippen LogP) is 3.28. The molecule has 1 saturated carbocycles. The Bertz CT molecular complexity index is 854. The highest BCUT2D eigenvalue weighted by molar-refractivity contribution is 7.17. The maximum absolute atomic E-state index is 12.7. The van der Waals surface area contributed by atoms with E-state index in [1.165, 1.54) is 18.4 Å². The number of aromatic nitrogens is 2. The van der Waals surface area contributed by atoms with E-state index in [0.717, 1.165) is 43.2 Å². The van der Waals surface area contributed by atoms with Crippen LogP contribution in [0.3, 0.4) is 0 Å². The summed E-state index contributed by atoms with van der Waals surface area (Å²) in [5, 5.41) is 7.86. The lowest BCUT2D eigenvalue weighted by molar-refractivity contribution is -0.117. The molecule has 0 spiro atoms. The molecule has 2 aromatic heterocycles. The van der Waals surface area contributed by atoms with Crippen molar-refractivity contribution in [3.63, 3.8) is 0 Å². The van der Waals surface area contributed by atoms with Crippen molar-refractivity contribution < 1.29 is 14.3 Å². The zero-order valence-electron chi connectivity index (χ0n) is 15.1. The van der Waals surface area contributed by atoms with Gasteiger partial charge in [-0.15, -0.1) is 11.3 Å². The van der Waals surface area contributed by atoms with Crippen molar-refractivity contribution >= 4 is 28.2 Å². The summed E-state index contributed by atoms with van der Waals surface area (Å²) in [6.07, 6.45) is 9.86. The molecule has 26 heavy (non-hydrogen) atoms. The number of hydrogen-bond donors (Lipinski definition) is 1. The number of rotatable bonds is 4. The Morgan fingerprint density at radius 1 is 1.31 bits per heavy atom. The second kappa shape index (κ2) is 6.87. The highest BCUT2D eigenvalue weighted by Gasteiger charge is 2.45.